The van der Waals surface area contributed by atoms with Crippen molar-refractivity contribution in [2.24, 2.45) is 0 Å². The van der Waals surface area contributed by atoms with Crippen molar-refractivity contribution < 1.29 is 139 Å². The standard InChI is InChI=1S/C30H25O8S.2K/c1-20-3-8-23(9-4-20)30(36-17-18-37-30)24-10-14-26(15-11-24)38-25-12-5-21(6-13-25)29(31)22-7-16-27(35-2)28(19-22)39(32,33)34;;/h3-12,14-16,19H,17-18H2,1-2H3,(H,32,33,34);;/q-1;2*+1/p-1. The van der Waals surface area contributed by atoms with Gasteiger partial charge in [-0.2, -0.15) is 12.1 Å². The molecule has 0 aromatic heterocycles. The van der Waals surface area contributed by atoms with Crippen molar-refractivity contribution in [1.29, 1.82) is 0 Å². The topological polar surface area (TPSA) is 111 Å². The van der Waals surface area contributed by atoms with Gasteiger partial charge in [0, 0.05) is 22.4 Å². The zero-order valence-electron chi connectivity index (χ0n) is 23.2. The molecule has 0 atom stereocenters. The quantitative estimate of drug-likeness (QED) is 0.106. The van der Waals surface area contributed by atoms with Gasteiger partial charge in [0.05, 0.1) is 25.2 Å². The average Bonchev–Trinajstić information content (AvgIpc) is 3.44. The number of hydrogen-bond acceptors (Lipinski definition) is 8. The molecule has 0 amide bonds. The second kappa shape index (κ2) is 14.8. The Morgan fingerprint density at radius 2 is 1.46 bits per heavy atom. The molecule has 1 saturated heterocycles. The van der Waals surface area contributed by atoms with Crippen LogP contribution < -0.4 is 112 Å². The van der Waals surface area contributed by atoms with Gasteiger partial charge in [-0.25, -0.2) is 8.42 Å². The van der Waals surface area contributed by atoms with Crippen LogP contribution in [0.3, 0.4) is 0 Å². The number of ether oxygens (including phenoxy) is 4. The summed E-state index contributed by atoms with van der Waals surface area (Å²) in [5.41, 5.74) is 3.16. The van der Waals surface area contributed by atoms with Crippen LogP contribution in [-0.4, -0.2) is 39.1 Å². The minimum atomic E-state index is -4.83. The van der Waals surface area contributed by atoms with Gasteiger partial charge in [-0.05, 0) is 49.4 Å². The van der Waals surface area contributed by atoms with Gasteiger partial charge in [0.1, 0.15) is 27.4 Å². The summed E-state index contributed by atoms with van der Waals surface area (Å²) >= 11 is 0. The average molecular weight is 623 g/mol. The van der Waals surface area contributed by atoms with Gasteiger partial charge in [0.2, 0.25) is 5.79 Å². The van der Waals surface area contributed by atoms with Crippen molar-refractivity contribution in [2.45, 2.75) is 17.6 Å². The summed E-state index contributed by atoms with van der Waals surface area (Å²) in [7, 11) is -3.58. The third-order valence-corrected chi connectivity index (χ3v) is 7.19. The molecule has 1 aliphatic rings. The minimum Gasteiger partial charge on any atom is -0.744 e. The van der Waals surface area contributed by atoms with Gasteiger partial charge in [0.15, 0.2) is 0 Å². The molecule has 4 aromatic rings. The van der Waals surface area contributed by atoms with Crippen molar-refractivity contribution in [1.82, 2.24) is 0 Å². The molecular weight excluding hydrogens is 599 g/mol. The van der Waals surface area contributed by atoms with Crippen LogP contribution in [-0.2, 0) is 25.4 Å². The van der Waals surface area contributed by atoms with Crippen LogP contribution in [0.15, 0.2) is 89.8 Å². The molecule has 0 aliphatic carbocycles. The molecule has 4 aromatic carbocycles. The van der Waals surface area contributed by atoms with E-state index in [4.69, 9.17) is 18.9 Å². The Hall–Kier alpha value is -0.747. The molecule has 200 valence electrons. The molecule has 1 heterocycles. The van der Waals surface area contributed by atoms with Gasteiger partial charge in [-0.3, -0.25) is 0 Å². The fourth-order valence-corrected chi connectivity index (χ4v) is 5.02. The van der Waals surface area contributed by atoms with E-state index in [-0.39, 0.29) is 120 Å². The van der Waals surface area contributed by atoms with Crippen LogP contribution >= 0.6 is 0 Å². The zero-order chi connectivity index (χ0) is 27.6. The molecule has 0 saturated carbocycles. The van der Waals surface area contributed by atoms with Gasteiger partial charge >= 0.3 is 103 Å². The van der Waals surface area contributed by atoms with Crippen LogP contribution in [0.5, 0.6) is 17.2 Å². The van der Waals surface area contributed by atoms with E-state index in [0.29, 0.717) is 24.7 Å². The first-order valence-corrected chi connectivity index (χ1v) is 13.4. The van der Waals surface area contributed by atoms with E-state index < -0.39 is 26.6 Å². The maximum atomic E-state index is 12.9. The van der Waals surface area contributed by atoms with Gasteiger partial charge in [-0.15, -0.1) is 12.1 Å². The van der Waals surface area contributed by atoms with E-state index in [1.807, 2.05) is 43.3 Å². The number of ketones is 1. The Labute approximate surface area is 324 Å². The normalized spacial score (nSPS) is 13.9. The number of aryl methyl sites for hydroxylation is 1. The number of benzene rings is 4. The molecule has 11 heteroatoms. The van der Waals surface area contributed by atoms with E-state index in [0.717, 1.165) is 22.8 Å². The Kier molecular flexibility index (Phi) is 12.6. The van der Waals surface area contributed by atoms with E-state index >= 15 is 0 Å². The van der Waals surface area contributed by atoms with Crippen molar-refractivity contribution in [3.8, 4) is 17.2 Å². The smallest absolute Gasteiger partial charge is 0.744 e. The van der Waals surface area contributed by atoms with E-state index in [1.54, 1.807) is 18.2 Å². The molecule has 0 spiro atoms. The second-order valence-corrected chi connectivity index (χ2v) is 10.2. The Balaban J connectivity index is 0.00000231. The van der Waals surface area contributed by atoms with Crippen LogP contribution in [0, 0.1) is 13.0 Å². The molecule has 41 heavy (non-hydrogen) atoms. The number of carbonyl (C=O) groups excluding carboxylic acids is 1. The fraction of sp³-hybridized carbons (Fsp3) is 0.167. The third-order valence-electron chi connectivity index (χ3n) is 6.33. The number of carbonyl (C=O) groups is 1. The molecule has 0 radical (unpaired) electrons. The molecule has 0 N–H and O–H groups in total. The molecule has 8 nitrogen and oxygen atoms in total. The Morgan fingerprint density at radius 1 is 0.878 bits per heavy atom. The third kappa shape index (κ3) is 7.86. The number of methoxy groups -OCH3 is 1. The first-order chi connectivity index (χ1) is 18.7. The van der Waals surface area contributed by atoms with Crippen molar-refractivity contribution in [3.05, 3.63) is 119 Å². The fourth-order valence-electron chi connectivity index (χ4n) is 4.35. The first-order valence-electron chi connectivity index (χ1n) is 12.0. The predicted molar refractivity (Wildman–Crippen MR) is 140 cm³/mol. The van der Waals surface area contributed by atoms with Crippen molar-refractivity contribution in [3.63, 3.8) is 0 Å². The molecule has 1 fully saturated rings. The maximum absolute atomic E-state index is 12.9. The van der Waals surface area contributed by atoms with Crippen LogP contribution in [0.25, 0.3) is 0 Å². The first kappa shape index (κ1) is 34.7. The van der Waals surface area contributed by atoms with Crippen molar-refractivity contribution in [2.75, 3.05) is 20.3 Å². The summed E-state index contributed by atoms with van der Waals surface area (Å²) in [5, 5.41) is 0. The minimum absolute atomic E-state index is 0. The maximum Gasteiger partial charge on any atom is 1.00 e. The van der Waals surface area contributed by atoms with Gasteiger partial charge < -0.3 is 28.3 Å². The summed E-state index contributed by atoms with van der Waals surface area (Å²) in [5.74, 6) is -0.663. The molecular formula is C30H24K2O8S. The summed E-state index contributed by atoms with van der Waals surface area (Å²) in [4.78, 5) is 12.3. The summed E-state index contributed by atoms with van der Waals surface area (Å²) in [6, 6.07) is 26.5. The molecule has 1 aliphatic heterocycles. The van der Waals surface area contributed by atoms with E-state index in [9.17, 15) is 17.8 Å². The van der Waals surface area contributed by atoms with E-state index in [2.05, 4.69) is 6.07 Å². The second-order valence-electron chi connectivity index (χ2n) is 8.90. The largest absolute Gasteiger partial charge is 1.00 e. The van der Waals surface area contributed by atoms with E-state index in [1.165, 1.54) is 31.4 Å². The monoisotopic (exact) mass is 622 g/mol. The van der Waals surface area contributed by atoms with Crippen LogP contribution in [0.4, 0.5) is 0 Å². The number of hydrogen-bond donors (Lipinski definition) is 0. The number of rotatable bonds is 8. The Bertz CT molecular complexity index is 1600. The van der Waals surface area contributed by atoms with Gasteiger partial charge in [-0.1, -0.05) is 35.4 Å². The summed E-state index contributed by atoms with van der Waals surface area (Å²) in [6.45, 7) is 2.99. The summed E-state index contributed by atoms with van der Waals surface area (Å²) < 4.78 is 57.6. The molecule has 5 rings (SSSR count). The Morgan fingerprint density at radius 3 is 2.00 bits per heavy atom. The summed E-state index contributed by atoms with van der Waals surface area (Å²) in [6.07, 6.45) is 0. The SMILES string of the molecule is COc1ccc(C(=O)c2c[c-]c(Oc3ccc(C4(c5ccc(C)cc5)OCCO4)cc3)cc2)cc1S(=O)(=O)[O-].[K+].[K+]. The molecule has 0 bridgehead atoms. The molecule has 0 unspecified atom stereocenters. The van der Waals surface area contributed by atoms with Crippen molar-refractivity contribution >= 4 is 15.9 Å². The van der Waals surface area contributed by atoms with Crippen LogP contribution in [0.1, 0.15) is 32.6 Å². The zero-order valence-corrected chi connectivity index (χ0v) is 30.2. The van der Waals surface area contributed by atoms with Crippen LogP contribution in [0.2, 0.25) is 0 Å². The van der Waals surface area contributed by atoms with Gasteiger partial charge in [0.25, 0.3) is 0 Å². The predicted octanol–water partition coefficient (Wildman–Crippen LogP) is -1.01.